The Hall–Kier alpha value is -1.84. The Morgan fingerprint density at radius 2 is 2.31 bits per heavy atom. The van der Waals surface area contributed by atoms with E-state index >= 15 is 0 Å². The molecule has 0 unspecified atom stereocenters. The third kappa shape index (κ3) is 2.59. The van der Waals surface area contributed by atoms with Crippen LogP contribution in [0.3, 0.4) is 0 Å². The van der Waals surface area contributed by atoms with Crippen LogP contribution in [0.15, 0.2) is 23.2 Å². The molecular weight excluding hydrogens is 166 g/mol. The first-order chi connectivity index (χ1) is 6.24. The second-order valence-electron chi connectivity index (χ2n) is 2.60. The maximum Gasteiger partial charge on any atom is 0.212 e. The van der Waals surface area contributed by atoms with Crippen LogP contribution in [0.1, 0.15) is 5.56 Å². The highest BCUT2D eigenvalue weighted by Crippen LogP contribution is 2.21. The molecule has 0 bridgehead atoms. The average molecular weight is 177 g/mol. The first-order valence-electron chi connectivity index (χ1n) is 3.82. The molecule has 1 aromatic carbocycles. The van der Waals surface area contributed by atoms with Gasteiger partial charge in [-0.15, -0.1) is 0 Å². The monoisotopic (exact) mass is 177 g/mol. The lowest BCUT2D eigenvalue weighted by Crippen LogP contribution is -2.05. The van der Waals surface area contributed by atoms with Crippen LogP contribution in [0.2, 0.25) is 0 Å². The van der Waals surface area contributed by atoms with Gasteiger partial charge < -0.3 is 11.1 Å². The van der Waals surface area contributed by atoms with Crippen LogP contribution in [-0.2, 0) is 4.79 Å². The number of nitrogens with one attached hydrogen (secondary N) is 1. The Morgan fingerprint density at radius 1 is 1.54 bits per heavy atom. The van der Waals surface area contributed by atoms with Crippen LogP contribution in [0.5, 0.6) is 0 Å². The number of aliphatic imine (C=N–C) groups is 1. The van der Waals surface area contributed by atoms with E-state index < -0.39 is 0 Å². The van der Waals surface area contributed by atoms with Crippen molar-refractivity contribution in [3.8, 4) is 0 Å². The van der Waals surface area contributed by atoms with Gasteiger partial charge in [0, 0.05) is 0 Å². The maximum atomic E-state index is 9.91. The quantitative estimate of drug-likeness (QED) is 0.313. The minimum absolute atomic E-state index is 0.551. The molecule has 0 aliphatic carbocycles. The highest BCUT2D eigenvalue weighted by atomic mass is 16.1. The molecule has 1 amide bonds. The van der Waals surface area contributed by atoms with Gasteiger partial charge in [0.25, 0.3) is 0 Å². The van der Waals surface area contributed by atoms with Gasteiger partial charge in [0.2, 0.25) is 6.41 Å². The second-order valence-corrected chi connectivity index (χ2v) is 2.60. The minimum Gasteiger partial charge on any atom is -0.397 e. The molecule has 13 heavy (non-hydrogen) atoms. The molecule has 3 N–H and O–H groups in total. The number of carbonyl (C=O) groups is 1. The van der Waals surface area contributed by atoms with Crippen molar-refractivity contribution in [1.82, 2.24) is 5.32 Å². The van der Waals surface area contributed by atoms with Gasteiger partial charge >= 0.3 is 0 Å². The summed E-state index contributed by atoms with van der Waals surface area (Å²) in [7, 11) is 0. The normalized spacial score (nSPS) is 10.2. The van der Waals surface area contributed by atoms with Gasteiger partial charge in [-0.3, -0.25) is 4.79 Å². The third-order valence-electron chi connectivity index (χ3n) is 1.53. The van der Waals surface area contributed by atoms with E-state index in [1.807, 2.05) is 19.1 Å². The Labute approximate surface area is 76.5 Å². The number of nitrogens with two attached hydrogens (primary N) is 1. The molecule has 0 aromatic heterocycles. The summed E-state index contributed by atoms with van der Waals surface area (Å²) in [5.41, 5.74) is 7.97. The van der Waals surface area contributed by atoms with Crippen LogP contribution in [0, 0.1) is 6.92 Å². The van der Waals surface area contributed by atoms with Crippen molar-refractivity contribution < 1.29 is 4.79 Å². The summed E-state index contributed by atoms with van der Waals surface area (Å²) in [6.45, 7) is 1.95. The maximum absolute atomic E-state index is 9.91. The third-order valence-corrected chi connectivity index (χ3v) is 1.53. The van der Waals surface area contributed by atoms with E-state index in [0.29, 0.717) is 17.8 Å². The Kier molecular flexibility index (Phi) is 3.03. The highest BCUT2D eigenvalue weighted by molar-refractivity contribution is 5.76. The molecule has 0 fully saturated rings. The van der Waals surface area contributed by atoms with Gasteiger partial charge in [0.05, 0.1) is 17.7 Å². The lowest BCUT2D eigenvalue weighted by atomic mass is 10.2. The van der Waals surface area contributed by atoms with E-state index in [2.05, 4.69) is 10.3 Å². The number of rotatable bonds is 3. The molecule has 0 atom stereocenters. The lowest BCUT2D eigenvalue weighted by Gasteiger charge is -2.00. The minimum atomic E-state index is 0.551. The van der Waals surface area contributed by atoms with E-state index in [4.69, 9.17) is 5.73 Å². The number of nitrogen functional groups attached to an aromatic ring is 1. The first-order valence-corrected chi connectivity index (χ1v) is 3.82. The molecule has 0 spiro atoms. The molecular formula is C9H11N3O. The van der Waals surface area contributed by atoms with Crippen LogP contribution >= 0.6 is 0 Å². The van der Waals surface area contributed by atoms with Gasteiger partial charge in [-0.2, -0.15) is 0 Å². The van der Waals surface area contributed by atoms with Crippen LogP contribution in [-0.4, -0.2) is 12.7 Å². The van der Waals surface area contributed by atoms with E-state index in [-0.39, 0.29) is 0 Å². The second kappa shape index (κ2) is 4.25. The Morgan fingerprint density at radius 3 is 3.00 bits per heavy atom. The summed E-state index contributed by atoms with van der Waals surface area (Å²) < 4.78 is 0. The van der Waals surface area contributed by atoms with Gasteiger partial charge in [-0.1, -0.05) is 6.07 Å². The zero-order valence-electron chi connectivity index (χ0n) is 7.32. The van der Waals surface area contributed by atoms with Crippen LogP contribution < -0.4 is 11.1 Å². The number of aryl methyl sites for hydroxylation is 1. The fourth-order valence-corrected chi connectivity index (χ4v) is 0.903. The number of hydrogen-bond acceptors (Lipinski definition) is 3. The molecule has 1 rings (SSSR count). The number of amides is 1. The van der Waals surface area contributed by atoms with Crippen molar-refractivity contribution in [2.24, 2.45) is 4.99 Å². The number of anilines is 1. The van der Waals surface area contributed by atoms with Gasteiger partial charge in [-0.05, 0) is 24.6 Å². The summed E-state index contributed by atoms with van der Waals surface area (Å²) in [6, 6.07) is 5.53. The SMILES string of the molecule is Cc1ccc(N)c(N=CNC=O)c1. The topological polar surface area (TPSA) is 67.5 Å². The molecule has 0 saturated heterocycles. The van der Waals surface area contributed by atoms with E-state index in [1.165, 1.54) is 6.34 Å². The van der Waals surface area contributed by atoms with Gasteiger partial charge in [0.15, 0.2) is 0 Å². The molecule has 0 radical (unpaired) electrons. The summed E-state index contributed by atoms with van der Waals surface area (Å²) in [5.74, 6) is 0. The van der Waals surface area contributed by atoms with Crippen molar-refractivity contribution in [1.29, 1.82) is 0 Å². The van der Waals surface area contributed by atoms with Crippen molar-refractivity contribution in [3.05, 3.63) is 23.8 Å². The van der Waals surface area contributed by atoms with Gasteiger partial charge in [-0.25, -0.2) is 4.99 Å². The molecule has 4 heteroatoms. The van der Waals surface area contributed by atoms with Crippen LogP contribution in [0.4, 0.5) is 11.4 Å². The fourth-order valence-electron chi connectivity index (χ4n) is 0.903. The average Bonchev–Trinajstić information content (AvgIpc) is 2.11. The van der Waals surface area contributed by atoms with Crippen molar-refractivity contribution in [2.75, 3.05) is 5.73 Å². The fraction of sp³-hybridized carbons (Fsp3) is 0.111. The number of nitrogens with zero attached hydrogens (tertiary/aromatic N) is 1. The first kappa shape index (κ1) is 9.25. The van der Waals surface area contributed by atoms with E-state index in [0.717, 1.165) is 5.56 Å². The molecule has 0 heterocycles. The molecule has 0 aliphatic rings. The summed E-state index contributed by atoms with van der Waals surface area (Å²) in [6.07, 6.45) is 1.85. The summed E-state index contributed by atoms with van der Waals surface area (Å²) >= 11 is 0. The van der Waals surface area contributed by atoms with Crippen LogP contribution in [0.25, 0.3) is 0 Å². The van der Waals surface area contributed by atoms with Gasteiger partial charge in [0.1, 0.15) is 0 Å². The highest BCUT2D eigenvalue weighted by Gasteiger charge is 1.94. The summed E-state index contributed by atoms with van der Waals surface area (Å²) in [4.78, 5) is 13.9. The molecule has 0 saturated carbocycles. The smallest absolute Gasteiger partial charge is 0.212 e. The zero-order chi connectivity index (χ0) is 9.68. The molecule has 0 aliphatic heterocycles. The standard InChI is InChI=1S/C9H11N3O/c1-7-2-3-8(10)9(4-7)12-5-11-6-13/h2-6H,10H2,1H3,(H,11,12,13). The lowest BCUT2D eigenvalue weighted by molar-refractivity contribution is -0.108. The Balaban J connectivity index is 2.86. The largest absolute Gasteiger partial charge is 0.397 e. The van der Waals surface area contributed by atoms with E-state index in [9.17, 15) is 4.79 Å². The van der Waals surface area contributed by atoms with E-state index in [1.54, 1.807) is 6.07 Å². The number of carbonyl (C=O) groups excluding carboxylic acids is 1. The molecule has 1 aromatic rings. The Bertz CT molecular complexity index is 334. The van der Waals surface area contributed by atoms with Crippen molar-refractivity contribution in [2.45, 2.75) is 6.92 Å². The summed E-state index contributed by atoms with van der Waals surface area (Å²) in [5, 5.41) is 2.32. The van der Waals surface area contributed by atoms with Crippen molar-refractivity contribution >= 4 is 24.1 Å². The zero-order valence-corrected chi connectivity index (χ0v) is 7.32. The number of benzene rings is 1. The predicted octanol–water partition coefficient (Wildman–Crippen LogP) is 0.983. The number of hydrogen-bond donors (Lipinski definition) is 2. The predicted molar refractivity (Wildman–Crippen MR) is 52.9 cm³/mol. The molecule has 4 nitrogen and oxygen atoms in total. The van der Waals surface area contributed by atoms with Crippen molar-refractivity contribution in [3.63, 3.8) is 0 Å². The molecule has 68 valence electrons.